The third-order valence-electron chi connectivity index (χ3n) is 1.70. The SMILES string of the molecule is C[CH2][Sn+]([CH2]C)[CH2]C(C)C. The van der Waals surface area contributed by atoms with Gasteiger partial charge in [0, 0.05) is 0 Å². The third-order valence-corrected chi connectivity index (χ3v) is 11.4. The molecule has 0 atom stereocenters. The van der Waals surface area contributed by atoms with Crippen molar-refractivity contribution >= 4 is 19.8 Å². The molecule has 54 valence electrons. The summed E-state index contributed by atoms with van der Waals surface area (Å²) in [5.41, 5.74) is 0. The summed E-state index contributed by atoms with van der Waals surface area (Å²) in [7, 11) is 0. The molecule has 0 N–H and O–H groups in total. The zero-order valence-corrected chi connectivity index (χ0v) is 10.1. The Morgan fingerprint density at radius 2 is 1.56 bits per heavy atom. The predicted octanol–water partition coefficient (Wildman–Crippen LogP) is 3.18. The summed E-state index contributed by atoms with van der Waals surface area (Å²) < 4.78 is 4.71. The molecular formula is C8H19Sn+. The molecule has 0 nitrogen and oxygen atoms in total. The van der Waals surface area contributed by atoms with Crippen LogP contribution < -0.4 is 0 Å². The van der Waals surface area contributed by atoms with Crippen LogP contribution in [0.4, 0.5) is 0 Å². The molecule has 0 saturated heterocycles. The summed E-state index contributed by atoms with van der Waals surface area (Å²) >= 11 is -0.760. The topological polar surface area (TPSA) is 0 Å². The van der Waals surface area contributed by atoms with E-state index in [1.807, 2.05) is 0 Å². The predicted molar refractivity (Wildman–Crippen MR) is 46.4 cm³/mol. The molecule has 0 aliphatic carbocycles. The number of hydrogen-bond acceptors (Lipinski definition) is 0. The van der Waals surface area contributed by atoms with E-state index in [1.165, 1.54) is 0 Å². The minimum atomic E-state index is -0.760. The van der Waals surface area contributed by atoms with E-state index in [1.54, 1.807) is 13.3 Å². The van der Waals surface area contributed by atoms with Gasteiger partial charge in [0.2, 0.25) is 0 Å². The second-order valence-corrected chi connectivity index (χ2v) is 12.5. The van der Waals surface area contributed by atoms with Gasteiger partial charge in [-0.3, -0.25) is 0 Å². The van der Waals surface area contributed by atoms with Gasteiger partial charge in [0.15, 0.2) is 0 Å². The first kappa shape index (κ1) is 9.80. The Morgan fingerprint density at radius 3 is 1.67 bits per heavy atom. The molecule has 0 rings (SSSR count). The van der Waals surface area contributed by atoms with Gasteiger partial charge < -0.3 is 0 Å². The van der Waals surface area contributed by atoms with Crippen LogP contribution in [0.5, 0.6) is 0 Å². The number of rotatable bonds is 4. The van der Waals surface area contributed by atoms with Gasteiger partial charge in [-0.05, 0) is 0 Å². The first-order valence-corrected chi connectivity index (χ1v) is 10.1. The summed E-state index contributed by atoms with van der Waals surface area (Å²) in [6, 6.07) is 0. The van der Waals surface area contributed by atoms with Gasteiger partial charge >= 0.3 is 66.7 Å². The Morgan fingerprint density at radius 1 is 1.11 bits per heavy atom. The summed E-state index contributed by atoms with van der Waals surface area (Å²) in [5.74, 6) is 0.972. The molecule has 0 aromatic carbocycles. The average molecular weight is 234 g/mol. The molecule has 1 heteroatoms. The Kier molecular flexibility index (Phi) is 6.07. The Bertz CT molecular complexity index is 55.6. The van der Waals surface area contributed by atoms with Crippen LogP contribution in [-0.2, 0) is 0 Å². The Hall–Kier alpha value is 0.799. The van der Waals surface area contributed by atoms with E-state index in [0.29, 0.717) is 0 Å². The zero-order chi connectivity index (χ0) is 7.28. The van der Waals surface area contributed by atoms with Crippen molar-refractivity contribution in [2.45, 2.75) is 41.0 Å². The summed E-state index contributed by atoms with van der Waals surface area (Å²) in [4.78, 5) is 0. The fraction of sp³-hybridized carbons (Fsp3) is 1.00. The van der Waals surface area contributed by atoms with Crippen LogP contribution in [0.15, 0.2) is 0 Å². The molecule has 0 aliphatic rings. The van der Waals surface area contributed by atoms with E-state index in [9.17, 15) is 0 Å². The van der Waals surface area contributed by atoms with Gasteiger partial charge in [-0.2, -0.15) is 0 Å². The average Bonchev–Trinajstić information content (AvgIpc) is 1.82. The quantitative estimate of drug-likeness (QED) is 0.655. The van der Waals surface area contributed by atoms with E-state index in [4.69, 9.17) is 0 Å². The molecule has 0 unspecified atom stereocenters. The molecule has 0 saturated carbocycles. The van der Waals surface area contributed by atoms with E-state index in [0.717, 1.165) is 5.92 Å². The van der Waals surface area contributed by atoms with Crippen LogP contribution in [-0.4, -0.2) is 19.8 Å². The third kappa shape index (κ3) is 5.25. The first-order chi connectivity index (χ1) is 4.20. The van der Waals surface area contributed by atoms with Crippen molar-refractivity contribution in [2.75, 3.05) is 0 Å². The first-order valence-electron chi connectivity index (χ1n) is 4.04. The van der Waals surface area contributed by atoms with Crippen molar-refractivity contribution in [3.63, 3.8) is 0 Å². The molecule has 0 fully saturated rings. The van der Waals surface area contributed by atoms with Gasteiger partial charge in [0.25, 0.3) is 0 Å². The Labute approximate surface area is 66.8 Å². The molecular weight excluding hydrogens is 215 g/mol. The summed E-state index contributed by atoms with van der Waals surface area (Å²) in [6.45, 7) is 9.46. The fourth-order valence-corrected chi connectivity index (χ4v) is 7.49. The van der Waals surface area contributed by atoms with Crippen LogP contribution in [0.25, 0.3) is 0 Å². The minimum absolute atomic E-state index is 0.760. The van der Waals surface area contributed by atoms with Crippen molar-refractivity contribution in [1.29, 1.82) is 0 Å². The molecule has 0 amide bonds. The van der Waals surface area contributed by atoms with Gasteiger partial charge in [0.1, 0.15) is 0 Å². The van der Waals surface area contributed by atoms with Crippen molar-refractivity contribution in [2.24, 2.45) is 5.92 Å². The fourth-order valence-electron chi connectivity index (χ4n) is 1.12. The number of hydrogen-bond donors (Lipinski definition) is 0. The second-order valence-electron chi connectivity index (χ2n) is 3.06. The van der Waals surface area contributed by atoms with Gasteiger partial charge in [-0.1, -0.05) is 0 Å². The van der Waals surface area contributed by atoms with Crippen molar-refractivity contribution in [3.8, 4) is 0 Å². The van der Waals surface area contributed by atoms with Gasteiger partial charge in [0.05, 0.1) is 0 Å². The van der Waals surface area contributed by atoms with Crippen LogP contribution >= 0.6 is 0 Å². The van der Waals surface area contributed by atoms with Crippen LogP contribution in [0.1, 0.15) is 27.7 Å². The summed E-state index contributed by atoms with van der Waals surface area (Å²) in [5, 5.41) is 0. The monoisotopic (exact) mass is 235 g/mol. The van der Waals surface area contributed by atoms with Crippen LogP contribution in [0.2, 0.25) is 13.3 Å². The second kappa shape index (κ2) is 5.57. The van der Waals surface area contributed by atoms with Crippen LogP contribution in [0, 0.1) is 5.92 Å². The Balaban J connectivity index is 3.31. The molecule has 0 heterocycles. The molecule has 0 spiro atoms. The molecule has 0 aromatic heterocycles. The summed E-state index contributed by atoms with van der Waals surface area (Å²) in [6.07, 6.45) is 0. The molecule has 0 bridgehead atoms. The van der Waals surface area contributed by atoms with Crippen molar-refractivity contribution < 1.29 is 0 Å². The van der Waals surface area contributed by atoms with Gasteiger partial charge in [-0.25, -0.2) is 0 Å². The van der Waals surface area contributed by atoms with Crippen molar-refractivity contribution in [1.82, 2.24) is 0 Å². The maximum absolute atomic E-state index is 2.38. The maximum atomic E-state index is 2.38. The van der Waals surface area contributed by atoms with E-state index < -0.39 is 19.8 Å². The molecule has 0 radical (unpaired) electrons. The normalized spacial score (nSPS) is 10.3. The molecule has 9 heavy (non-hydrogen) atoms. The molecule has 0 aromatic rings. The standard InChI is InChI=1S/C4H9.2C2H5.Sn/c1-4(2)3;2*1-2;/h4H,1H2,2-3H3;2*1H2,2H3;/q;;;+1. The van der Waals surface area contributed by atoms with E-state index >= 15 is 0 Å². The van der Waals surface area contributed by atoms with E-state index in [-0.39, 0.29) is 0 Å². The van der Waals surface area contributed by atoms with E-state index in [2.05, 4.69) is 27.7 Å². The van der Waals surface area contributed by atoms with Crippen molar-refractivity contribution in [3.05, 3.63) is 0 Å². The van der Waals surface area contributed by atoms with Crippen LogP contribution in [0.3, 0.4) is 0 Å². The van der Waals surface area contributed by atoms with Gasteiger partial charge in [-0.15, -0.1) is 0 Å². The zero-order valence-electron chi connectivity index (χ0n) is 7.20. The molecule has 0 aliphatic heterocycles.